The molecule has 154 valence electrons. The number of anilines is 1. The van der Waals surface area contributed by atoms with E-state index in [0.29, 0.717) is 12.1 Å². The second-order valence-electron chi connectivity index (χ2n) is 7.38. The maximum atomic E-state index is 13.2. The van der Waals surface area contributed by atoms with Crippen molar-refractivity contribution in [2.24, 2.45) is 0 Å². The number of nitrogens with zero attached hydrogens (tertiary/aromatic N) is 3. The Kier molecular flexibility index (Phi) is 6.35. The number of benzene rings is 2. The van der Waals surface area contributed by atoms with Gasteiger partial charge in [0.2, 0.25) is 0 Å². The van der Waals surface area contributed by atoms with Crippen LogP contribution in [0, 0.1) is 5.82 Å². The summed E-state index contributed by atoms with van der Waals surface area (Å²) in [4.78, 5) is 21.5. The third-order valence-corrected chi connectivity index (χ3v) is 5.51. The van der Waals surface area contributed by atoms with Gasteiger partial charge in [0.1, 0.15) is 5.82 Å². The van der Waals surface area contributed by atoms with E-state index in [1.165, 1.54) is 12.1 Å². The van der Waals surface area contributed by atoms with Gasteiger partial charge < -0.3 is 10.2 Å². The highest BCUT2D eigenvalue weighted by atomic mass is 19.1. The highest BCUT2D eigenvalue weighted by Crippen LogP contribution is 2.24. The lowest BCUT2D eigenvalue weighted by molar-refractivity contribution is 0.0930. The van der Waals surface area contributed by atoms with E-state index in [2.05, 4.69) is 26.2 Å². The summed E-state index contributed by atoms with van der Waals surface area (Å²) in [5.74, 6) is -0.294. The molecule has 4 rings (SSSR count). The lowest BCUT2D eigenvalue weighted by atomic mass is 10.1. The molecule has 0 bridgehead atoms. The zero-order valence-corrected chi connectivity index (χ0v) is 16.7. The molecule has 3 aromatic rings. The van der Waals surface area contributed by atoms with Crippen LogP contribution < -0.4 is 10.2 Å². The van der Waals surface area contributed by atoms with Crippen molar-refractivity contribution in [3.8, 4) is 0 Å². The van der Waals surface area contributed by atoms with E-state index in [0.717, 1.165) is 37.4 Å². The van der Waals surface area contributed by atoms with Gasteiger partial charge in [-0.2, -0.15) is 0 Å². The number of hydrogen-bond acceptors (Lipinski definition) is 4. The normalized spacial score (nSPS) is 15.6. The van der Waals surface area contributed by atoms with Crippen LogP contribution in [0.4, 0.5) is 10.1 Å². The van der Waals surface area contributed by atoms with E-state index >= 15 is 0 Å². The van der Waals surface area contributed by atoms with Gasteiger partial charge in [-0.3, -0.25) is 14.7 Å². The summed E-state index contributed by atoms with van der Waals surface area (Å²) in [5, 5.41) is 3.08. The molecule has 6 heteroatoms. The molecular weight excluding hydrogens is 379 g/mol. The van der Waals surface area contributed by atoms with Gasteiger partial charge in [0.25, 0.3) is 5.91 Å². The molecule has 30 heavy (non-hydrogen) atoms. The molecule has 1 aliphatic heterocycles. The van der Waals surface area contributed by atoms with Gasteiger partial charge in [0, 0.05) is 56.4 Å². The standard InChI is InChI=1S/C24H25FN4O/c25-21-8-10-22(11-9-21)28-13-15-29(16-14-28)23(20-7-4-12-26-17-20)18-27-24(30)19-5-2-1-3-6-19/h1-12,17,23H,13-16,18H2,(H,27,30)/t23-/m1/s1. The van der Waals surface area contributed by atoms with Crippen molar-refractivity contribution in [1.82, 2.24) is 15.2 Å². The zero-order chi connectivity index (χ0) is 20.8. The van der Waals surface area contributed by atoms with Crippen LogP contribution in [0.15, 0.2) is 79.1 Å². The van der Waals surface area contributed by atoms with Gasteiger partial charge >= 0.3 is 0 Å². The van der Waals surface area contributed by atoms with Crippen LogP contribution in [0.25, 0.3) is 0 Å². The van der Waals surface area contributed by atoms with Gasteiger partial charge in [-0.05, 0) is 48.0 Å². The van der Waals surface area contributed by atoms with Crippen LogP contribution in [-0.2, 0) is 0 Å². The van der Waals surface area contributed by atoms with Crippen molar-refractivity contribution in [2.75, 3.05) is 37.6 Å². The van der Waals surface area contributed by atoms with Crippen molar-refractivity contribution in [2.45, 2.75) is 6.04 Å². The summed E-state index contributed by atoms with van der Waals surface area (Å²) in [7, 11) is 0. The zero-order valence-electron chi connectivity index (χ0n) is 16.7. The number of carbonyl (C=O) groups excluding carboxylic acids is 1. The molecule has 1 saturated heterocycles. The molecule has 2 heterocycles. The van der Waals surface area contributed by atoms with E-state index in [4.69, 9.17) is 0 Å². The number of carbonyl (C=O) groups is 1. The monoisotopic (exact) mass is 404 g/mol. The fourth-order valence-electron chi connectivity index (χ4n) is 3.86. The maximum absolute atomic E-state index is 13.2. The van der Waals surface area contributed by atoms with E-state index in [-0.39, 0.29) is 17.8 Å². The van der Waals surface area contributed by atoms with Crippen LogP contribution in [0.2, 0.25) is 0 Å². The number of piperazine rings is 1. The van der Waals surface area contributed by atoms with Crippen molar-refractivity contribution >= 4 is 11.6 Å². The Hall–Kier alpha value is -3.25. The summed E-state index contributed by atoms with van der Waals surface area (Å²) in [6.07, 6.45) is 3.63. The molecule has 0 unspecified atom stereocenters. The van der Waals surface area contributed by atoms with Crippen molar-refractivity contribution < 1.29 is 9.18 Å². The average Bonchev–Trinajstić information content (AvgIpc) is 2.81. The Bertz CT molecular complexity index is 942. The molecule has 0 spiro atoms. The average molecular weight is 404 g/mol. The highest BCUT2D eigenvalue weighted by Gasteiger charge is 2.26. The third-order valence-electron chi connectivity index (χ3n) is 5.51. The molecule has 5 nitrogen and oxygen atoms in total. The summed E-state index contributed by atoms with van der Waals surface area (Å²) in [5.41, 5.74) is 2.77. The SMILES string of the molecule is O=C(NC[C@H](c1cccnc1)N1CCN(c2ccc(F)cc2)CC1)c1ccccc1. The van der Waals surface area contributed by atoms with Crippen LogP contribution in [0.5, 0.6) is 0 Å². The number of nitrogens with one attached hydrogen (secondary N) is 1. The van der Waals surface area contributed by atoms with Gasteiger partial charge in [0.05, 0.1) is 6.04 Å². The smallest absolute Gasteiger partial charge is 0.251 e. The number of pyridine rings is 1. The van der Waals surface area contributed by atoms with Gasteiger partial charge in [-0.25, -0.2) is 4.39 Å². The molecule has 0 saturated carbocycles. The van der Waals surface area contributed by atoms with Crippen molar-refractivity contribution in [3.05, 3.63) is 96.1 Å². The summed E-state index contributed by atoms with van der Waals surface area (Å²) >= 11 is 0. The topological polar surface area (TPSA) is 48.5 Å². The molecular formula is C24H25FN4O. The van der Waals surface area contributed by atoms with Crippen LogP contribution in [0.3, 0.4) is 0 Å². The van der Waals surface area contributed by atoms with Crippen LogP contribution in [0.1, 0.15) is 22.0 Å². The fraction of sp³-hybridized carbons (Fsp3) is 0.250. The fourth-order valence-corrected chi connectivity index (χ4v) is 3.86. The van der Waals surface area contributed by atoms with Crippen LogP contribution in [-0.4, -0.2) is 48.5 Å². The molecule has 0 radical (unpaired) electrons. The number of rotatable bonds is 6. The Balaban J connectivity index is 1.43. The largest absolute Gasteiger partial charge is 0.369 e. The van der Waals surface area contributed by atoms with E-state index in [1.807, 2.05) is 54.7 Å². The predicted molar refractivity (Wildman–Crippen MR) is 116 cm³/mol. The molecule has 1 fully saturated rings. The second kappa shape index (κ2) is 9.50. The molecule has 1 aliphatic rings. The molecule has 2 aromatic carbocycles. The minimum atomic E-state index is -0.219. The summed E-state index contributed by atoms with van der Waals surface area (Å²) < 4.78 is 13.2. The number of halogens is 1. The molecule has 1 N–H and O–H groups in total. The van der Waals surface area contributed by atoms with E-state index in [9.17, 15) is 9.18 Å². The van der Waals surface area contributed by atoms with Gasteiger partial charge in [-0.1, -0.05) is 24.3 Å². The number of amides is 1. The lowest BCUT2D eigenvalue weighted by Crippen LogP contribution is -2.50. The molecule has 1 amide bonds. The Morgan fingerprint density at radius 3 is 2.37 bits per heavy atom. The van der Waals surface area contributed by atoms with Crippen molar-refractivity contribution in [1.29, 1.82) is 0 Å². The van der Waals surface area contributed by atoms with E-state index < -0.39 is 0 Å². The van der Waals surface area contributed by atoms with E-state index in [1.54, 1.807) is 6.20 Å². The lowest BCUT2D eigenvalue weighted by Gasteiger charge is -2.40. The predicted octanol–water partition coefficient (Wildman–Crippen LogP) is 3.51. The highest BCUT2D eigenvalue weighted by molar-refractivity contribution is 5.94. The first-order chi connectivity index (χ1) is 14.7. The third kappa shape index (κ3) is 4.83. The molecule has 0 aliphatic carbocycles. The minimum Gasteiger partial charge on any atom is -0.369 e. The summed E-state index contributed by atoms with van der Waals surface area (Å²) in [6, 6.07) is 19.9. The van der Waals surface area contributed by atoms with Gasteiger partial charge in [-0.15, -0.1) is 0 Å². The first kappa shape index (κ1) is 20.0. The van der Waals surface area contributed by atoms with Crippen molar-refractivity contribution in [3.63, 3.8) is 0 Å². The first-order valence-electron chi connectivity index (χ1n) is 10.2. The quantitative estimate of drug-likeness (QED) is 0.683. The maximum Gasteiger partial charge on any atom is 0.251 e. The molecule has 1 atom stereocenters. The first-order valence-corrected chi connectivity index (χ1v) is 10.2. The Labute approximate surface area is 176 Å². The second-order valence-corrected chi connectivity index (χ2v) is 7.38. The number of aromatic nitrogens is 1. The minimum absolute atomic E-state index is 0.0433. The summed E-state index contributed by atoms with van der Waals surface area (Å²) in [6.45, 7) is 3.89. The van der Waals surface area contributed by atoms with Gasteiger partial charge in [0.15, 0.2) is 0 Å². The number of hydrogen-bond donors (Lipinski definition) is 1. The van der Waals surface area contributed by atoms with Crippen LogP contribution >= 0.6 is 0 Å². The molecule has 1 aromatic heterocycles. The Morgan fingerprint density at radius 1 is 0.967 bits per heavy atom. The Morgan fingerprint density at radius 2 is 1.70 bits per heavy atom.